The Kier molecular flexibility index (Phi) is 6.31. The van der Waals surface area contributed by atoms with E-state index >= 15 is 0 Å². The van der Waals surface area contributed by atoms with Crippen LogP contribution in [0.1, 0.15) is 38.3 Å². The van der Waals surface area contributed by atoms with E-state index < -0.39 is 15.8 Å². The first kappa shape index (κ1) is 18.1. The molecule has 1 unspecified atom stereocenters. The van der Waals surface area contributed by atoms with Crippen LogP contribution in [0, 0.1) is 12.7 Å². The third-order valence-corrected chi connectivity index (χ3v) is 5.90. The molecule has 1 aromatic carbocycles. The largest absolute Gasteiger partial charge is 0.313 e. The Bertz CT molecular complexity index is 588. The zero-order valence-corrected chi connectivity index (χ0v) is 14.2. The van der Waals surface area contributed by atoms with E-state index in [1.54, 1.807) is 6.07 Å². The van der Waals surface area contributed by atoms with Crippen LogP contribution in [0.25, 0.3) is 0 Å². The van der Waals surface area contributed by atoms with Gasteiger partial charge in [-0.3, -0.25) is 0 Å². The molecule has 6 heteroatoms. The van der Waals surface area contributed by atoms with Crippen molar-refractivity contribution in [1.82, 2.24) is 9.62 Å². The van der Waals surface area contributed by atoms with Gasteiger partial charge in [-0.2, -0.15) is 4.31 Å². The van der Waals surface area contributed by atoms with Gasteiger partial charge < -0.3 is 5.32 Å². The van der Waals surface area contributed by atoms with Crippen LogP contribution in [0.3, 0.4) is 0 Å². The highest BCUT2D eigenvalue weighted by Gasteiger charge is 2.27. The topological polar surface area (TPSA) is 49.4 Å². The summed E-state index contributed by atoms with van der Waals surface area (Å²) in [6.45, 7) is 8.40. The third-order valence-electron chi connectivity index (χ3n) is 3.80. The van der Waals surface area contributed by atoms with E-state index in [1.807, 2.05) is 20.8 Å². The molecule has 0 aliphatic heterocycles. The fourth-order valence-electron chi connectivity index (χ4n) is 2.00. The highest BCUT2D eigenvalue weighted by Crippen LogP contribution is 2.25. The Morgan fingerprint density at radius 3 is 2.48 bits per heavy atom. The fraction of sp³-hybridized carbons (Fsp3) is 0.600. The molecule has 21 heavy (non-hydrogen) atoms. The van der Waals surface area contributed by atoms with Crippen LogP contribution in [-0.2, 0) is 16.6 Å². The van der Waals surface area contributed by atoms with Crippen molar-refractivity contribution in [2.75, 3.05) is 13.6 Å². The van der Waals surface area contributed by atoms with Crippen molar-refractivity contribution in [2.45, 2.75) is 51.6 Å². The van der Waals surface area contributed by atoms with Crippen molar-refractivity contribution < 1.29 is 12.8 Å². The molecular weight excluding hydrogens is 291 g/mol. The van der Waals surface area contributed by atoms with E-state index in [9.17, 15) is 12.8 Å². The SMILES string of the molecule is CCNCc1cc(F)c(C)c(S(=O)(=O)N(C)C(C)CC)c1. The van der Waals surface area contributed by atoms with Gasteiger partial charge in [0.25, 0.3) is 0 Å². The lowest BCUT2D eigenvalue weighted by atomic mass is 10.1. The normalized spacial score (nSPS) is 13.7. The summed E-state index contributed by atoms with van der Waals surface area (Å²) in [6, 6.07) is 2.82. The number of nitrogens with zero attached hydrogens (tertiary/aromatic N) is 1. The van der Waals surface area contributed by atoms with Gasteiger partial charge in [0.05, 0.1) is 4.90 Å². The maximum absolute atomic E-state index is 14.0. The van der Waals surface area contributed by atoms with Crippen LogP contribution in [-0.4, -0.2) is 32.4 Å². The molecule has 0 bridgehead atoms. The van der Waals surface area contributed by atoms with E-state index in [0.717, 1.165) is 6.54 Å². The van der Waals surface area contributed by atoms with Gasteiger partial charge in [0.2, 0.25) is 10.0 Å². The summed E-state index contributed by atoms with van der Waals surface area (Å²) >= 11 is 0. The molecule has 0 radical (unpaired) electrons. The maximum Gasteiger partial charge on any atom is 0.243 e. The number of hydrogen-bond donors (Lipinski definition) is 1. The summed E-state index contributed by atoms with van der Waals surface area (Å²) in [5.41, 5.74) is 0.807. The molecule has 0 saturated heterocycles. The Morgan fingerprint density at radius 2 is 1.95 bits per heavy atom. The first-order chi connectivity index (χ1) is 9.75. The smallest absolute Gasteiger partial charge is 0.243 e. The van der Waals surface area contributed by atoms with Crippen LogP contribution in [0.5, 0.6) is 0 Å². The van der Waals surface area contributed by atoms with Crippen molar-refractivity contribution in [3.05, 3.63) is 29.1 Å². The quantitative estimate of drug-likeness (QED) is 0.841. The Hall–Kier alpha value is -0.980. The highest BCUT2D eigenvalue weighted by molar-refractivity contribution is 7.89. The van der Waals surface area contributed by atoms with Crippen molar-refractivity contribution in [3.8, 4) is 0 Å². The molecule has 0 aromatic heterocycles. The third kappa shape index (κ3) is 4.02. The number of hydrogen-bond acceptors (Lipinski definition) is 3. The van der Waals surface area contributed by atoms with Gasteiger partial charge in [-0.05, 0) is 44.5 Å². The zero-order chi connectivity index (χ0) is 16.2. The molecular formula is C15H25FN2O2S. The fourth-order valence-corrected chi connectivity index (χ4v) is 3.71. The molecule has 0 aliphatic carbocycles. The molecule has 0 heterocycles. The minimum Gasteiger partial charge on any atom is -0.313 e. The maximum atomic E-state index is 14.0. The zero-order valence-electron chi connectivity index (χ0n) is 13.4. The summed E-state index contributed by atoms with van der Waals surface area (Å²) in [5, 5.41) is 3.08. The van der Waals surface area contributed by atoms with Gasteiger partial charge in [-0.25, -0.2) is 12.8 Å². The van der Waals surface area contributed by atoms with Crippen LogP contribution in [0.15, 0.2) is 17.0 Å². The molecule has 0 aliphatic rings. The van der Waals surface area contributed by atoms with E-state index in [4.69, 9.17) is 0 Å². The molecule has 0 saturated carbocycles. The van der Waals surface area contributed by atoms with Gasteiger partial charge in [0.15, 0.2) is 0 Å². The lowest BCUT2D eigenvalue weighted by Crippen LogP contribution is -2.35. The number of sulfonamides is 1. The minimum atomic E-state index is -3.69. The van der Waals surface area contributed by atoms with E-state index in [1.165, 1.54) is 24.3 Å². The number of halogens is 1. The summed E-state index contributed by atoms with van der Waals surface area (Å²) in [5.74, 6) is -0.485. The van der Waals surface area contributed by atoms with Gasteiger partial charge in [0, 0.05) is 25.2 Å². The molecule has 1 N–H and O–H groups in total. The molecule has 1 rings (SSSR count). The van der Waals surface area contributed by atoms with Crippen LogP contribution in [0.2, 0.25) is 0 Å². The van der Waals surface area contributed by atoms with Crippen LogP contribution < -0.4 is 5.32 Å². The monoisotopic (exact) mass is 316 g/mol. The van der Waals surface area contributed by atoms with Crippen LogP contribution in [0.4, 0.5) is 4.39 Å². The van der Waals surface area contributed by atoms with Gasteiger partial charge in [0.1, 0.15) is 5.82 Å². The van der Waals surface area contributed by atoms with Crippen LogP contribution >= 0.6 is 0 Å². The van der Waals surface area contributed by atoms with E-state index in [0.29, 0.717) is 18.5 Å². The summed E-state index contributed by atoms with van der Waals surface area (Å²) < 4.78 is 40.7. The average molecular weight is 316 g/mol. The Labute approximate surface area is 127 Å². The lowest BCUT2D eigenvalue weighted by Gasteiger charge is -2.24. The van der Waals surface area contributed by atoms with Gasteiger partial charge in [-0.15, -0.1) is 0 Å². The molecule has 4 nitrogen and oxygen atoms in total. The molecule has 1 aromatic rings. The predicted octanol–water partition coefficient (Wildman–Crippen LogP) is 2.66. The van der Waals surface area contributed by atoms with Crippen molar-refractivity contribution >= 4 is 10.0 Å². The van der Waals surface area contributed by atoms with Gasteiger partial charge in [-0.1, -0.05) is 13.8 Å². The van der Waals surface area contributed by atoms with E-state index in [2.05, 4.69) is 5.32 Å². The number of benzene rings is 1. The molecule has 0 spiro atoms. The first-order valence-electron chi connectivity index (χ1n) is 7.23. The van der Waals surface area contributed by atoms with Crippen molar-refractivity contribution in [3.63, 3.8) is 0 Å². The predicted molar refractivity (Wildman–Crippen MR) is 83.2 cm³/mol. The second-order valence-electron chi connectivity index (χ2n) is 5.26. The molecule has 0 amide bonds. The standard InChI is InChI=1S/C15H25FN2O2S/c1-6-11(3)18(5)21(19,20)15-9-13(10-17-7-2)8-14(16)12(15)4/h8-9,11,17H,6-7,10H2,1-5H3. The number of nitrogens with one attached hydrogen (secondary N) is 1. The van der Waals surface area contributed by atoms with E-state index in [-0.39, 0.29) is 16.5 Å². The first-order valence-corrected chi connectivity index (χ1v) is 8.67. The Morgan fingerprint density at radius 1 is 1.33 bits per heavy atom. The highest BCUT2D eigenvalue weighted by atomic mass is 32.2. The minimum absolute atomic E-state index is 0.0539. The Balaban J connectivity index is 3.30. The molecule has 120 valence electrons. The molecule has 0 fully saturated rings. The second-order valence-corrected chi connectivity index (χ2v) is 7.23. The van der Waals surface area contributed by atoms with Gasteiger partial charge >= 0.3 is 0 Å². The average Bonchev–Trinajstić information content (AvgIpc) is 2.46. The molecule has 1 atom stereocenters. The van der Waals surface area contributed by atoms with Crippen molar-refractivity contribution in [2.24, 2.45) is 0 Å². The lowest BCUT2D eigenvalue weighted by molar-refractivity contribution is 0.380. The second kappa shape index (κ2) is 7.33. The summed E-state index contributed by atoms with van der Waals surface area (Å²) in [7, 11) is -2.15. The van der Waals surface area contributed by atoms with Crippen molar-refractivity contribution in [1.29, 1.82) is 0 Å². The summed E-state index contributed by atoms with van der Waals surface area (Å²) in [4.78, 5) is 0.0539. The number of rotatable bonds is 7. The summed E-state index contributed by atoms with van der Waals surface area (Å²) in [6.07, 6.45) is 0.703.